The van der Waals surface area contributed by atoms with Crippen LogP contribution >= 0.6 is 11.6 Å². The maximum Gasteiger partial charge on any atom is 0.339 e. The number of halogens is 1. The fourth-order valence-electron chi connectivity index (χ4n) is 2.81. The number of carbonyl (C=O) groups is 2. The summed E-state index contributed by atoms with van der Waals surface area (Å²) in [6, 6.07) is 18.7. The SMILES string of the molecule is CC[S@@](=O)c1ccccc1C(=O)OCC(=O)Nc1cc(Cl)ccc1Oc1ccc(C)cc1. The van der Waals surface area contributed by atoms with Crippen molar-refractivity contribution in [2.45, 2.75) is 18.7 Å². The van der Waals surface area contributed by atoms with Gasteiger partial charge in [0.15, 0.2) is 12.4 Å². The van der Waals surface area contributed by atoms with Crippen molar-refractivity contribution in [2.75, 3.05) is 17.7 Å². The highest BCUT2D eigenvalue weighted by Crippen LogP contribution is 2.32. The number of aryl methyl sites for hydroxylation is 1. The first-order chi connectivity index (χ1) is 15.4. The minimum Gasteiger partial charge on any atom is -0.455 e. The molecule has 1 N–H and O–H groups in total. The Balaban J connectivity index is 1.68. The van der Waals surface area contributed by atoms with Crippen molar-refractivity contribution in [1.82, 2.24) is 0 Å². The van der Waals surface area contributed by atoms with Crippen LogP contribution in [0, 0.1) is 6.92 Å². The molecule has 0 fully saturated rings. The molecule has 32 heavy (non-hydrogen) atoms. The van der Waals surface area contributed by atoms with Gasteiger partial charge in [0.05, 0.1) is 26.9 Å². The molecule has 0 aliphatic heterocycles. The third-order valence-corrected chi connectivity index (χ3v) is 6.02. The molecule has 0 aromatic heterocycles. The molecule has 1 amide bonds. The first-order valence-corrected chi connectivity index (χ1v) is 11.6. The zero-order valence-corrected chi connectivity index (χ0v) is 19.2. The maximum absolute atomic E-state index is 12.5. The van der Waals surface area contributed by atoms with Gasteiger partial charge in [0, 0.05) is 10.8 Å². The molecule has 0 bridgehead atoms. The van der Waals surface area contributed by atoms with E-state index in [1.165, 1.54) is 6.07 Å². The van der Waals surface area contributed by atoms with Crippen LogP contribution in [0.3, 0.4) is 0 Å². The molecule has 3 aromatic carbocycles. The average molecular weight is 472 g/mol. The first kappa shape index (κ1) is 23.5. The number of carbonyl (C=O) groups excluding carboxylic acids is 2. The number of hydrogen-bond donors (Lipinski definition) is 1. The Morgan fingerprint density at radius 3 is 2.47 bits per heavy atom. The lowest BCUT2D eigenvalue weighted by Crippen LogP contribution is -2.22. The second-order valence-electron chi connectivity index (χ2n) is 6.81. The molecule has 3 aromatic rings. The second kappa shape index (κ2) is 10.9. The van der Waals surface area contributed by atoms with E-state index in [-0.39, 0.29) is 5.56 Å². The molecule has 3 rings (SSSR count). The van der Waals surface area contributed by atoms with E-state index in [1.54, 1.807) is 43.3 Å². The van der Waals surface area contributed by atoms with E-state index in [1.807, 2.05) is 31.2 Å². The molecule has 0 radical (unpaired) electrons. The van der Waals surface area contributed by atoms with Gasteiger partial charge in [0.25, 0.3) is 5.91 Å². The monoisotopic (exact) mass is 471 g/mol. The summed E-state index contributed by atoms with van der Waals surface area (Å²) in [5.41, 5.74) is 1.60. The average Bonchev–Trinajstić information content (AvgIpc) is 2.80. The lowest BCUT2D eigenvalue weighted by atomic mass is 10.2. The number of amides is 1. The van der Waals surface area contributed by atoms with Gasteiger partial charge in [0.2, 0.25) is 0 Å². The maximum atomic E-state index is 12.5. The van der Waals surface area contributed by atoms with E-state index >= 15 is 0 Å². The fourth-order valence-corrected chi connectivity index (χ4v) is 3.92. The zero-order chi connectivity index (χ0) is 23.1. The molecule has 0 unspecified atom stereocenters. The first-order valence-electron chi connectivity index (χ1n) is 9.86. The van der Waals surface area contributed by atoms with Crippen molar-refractivity contribution in [3.8, 4) is 11.5 Å². The van der Waals surface area contributed by atoms with Gasteiger partial charge in [-0.15, -0.1) is 0 Å². The lowest BCUT2D eigenvalue weighted by molar-refractivity contribution is -0.119. The molecule has 0 aliphatic rings. The van der Waals surface area contributed by atoms with Crippen LogP contribution in [-0.2, 0) is 20.3 Å². The molecule has 6 nitrogen and oxygen atoms in total. The number of hydrogen-bond acceptors (Lipinski definition) is 5. The number of nitrogens with one attached hydrogen (secondary N) is 1. The van der Waals surface area contributed by atoms with Crippen molar-refractivity contribution in [2.24, 2.45) is 0 Å². The number of anilines is 1. The molecule has 0 spiro atoms. The second-order valence-corrected chi connectivity index (χ2v) is 8.95. The molecular formula is C24H22ClNO5S. The Morgan fingerprint density at radius 1 is 1.03 bits per heavy atom. The van der Waals surface area contributed by atoms with Crippen LogP contribution < -0.4 is 10.1 Å². The normalized spacial score (nSPS) is 11.5. The number of rotatable bonds is 8. The van der Waals surface area contributed by atoms with Crippen LogP contribution in [0.4, 0.5) is 5.69 Å². The standard InChI is InChI=1S/C24H22ClNO5S/c1-3-32(29)22-7-5-4-6-19(22)24(28)30-15-23(27)26-20-14-17(25)10-13-21(20)31-18-11-8-16(2)9-12-18/h4-14H,3,15H2,1-2H3,(H,26,27)/t32-/m1/s1. The van der Waals surface area contributed by atoms with Crippen molar-refractivity contribution < 1.29 is 23.3 Å². The molecular weight excluding hydrogens is 450 g/mol. The summed E-state index contributed by atoms with van der Waals surface area (Å²) in [6.07, 6.45) is 0. The van der Waals surface area contributed by atoms with E-state index in [9.17, 15) is 13.8 Å². The van der Waals surface area contributed by atoms with E-state index in [0.717, 1.165) is 5.56 Å². The zero-order valence-electron chi connectivity index (χ0n) is 17.6. The summed E-state index contributed by atoms with van der Waals surface area (Å²) < 4.78 is 23.1. The van der Waals surface area contributed by atoms with Crippen LogP contribution in [0.2, 0.25) is 5.02 Å². The molecule has 166 valence electrons. The van der Waals surface area contributed by atoms with Gasteiger partial charge >= 0.3 is 5.97 Å². The van der Waals surface area contributed by atoms with Crippen LogP contribution in [-0.4, -0.2) is 28.4 Å². The summed E-state index contributed by atoms with van der Waals surface area (Å²) in [6.45, 7) is 3.20. The minimum atomic E-state index is -1.33. The van der Waals surface area contributed by atoms with Crippen molar-refractivity contribution in [3.63, 3.8) is 0 Å². The Hall–Kier alpha value is -3.16. The van der Waals surface area contributed by atoms with Gasteiger partial charge < -0.3 is 14.8 Å². The van der Waals surface area contributed by atoms with E-state index < -0.39 is 29.3 Å². The highest BCUT2D eigenvalue weighted by Gasteiger charge is 2.18. The molecule has 0 aliphatic carbocycles. The molecule has 0 saturated carbocycles. The third kappa shape index (κ3) is 6.18. The Kier molecular flexibility index (Phi) is 8.03. The number of esters is 1. The topological polar surface area (TPSA) is 81.7 Å². The third-order valence-electron chi connectivity index (χ3n) is 4.41. The summed E-state index contributed by atoms with van der Waals surface area (Å²) >= 11 is 6.07. The van der Waals surface area contributed by atoms with Gasteiger partial charge in [0.1, 0.15) is 5.75 Å². The van der Waals surface area contributed by atoms with E-state index in [0.29, 0.717) is 32.9 Å². The molecule has 0 saturated heterocycles. The van der Waals surface area contributed by atoms with Crippen LogP contribution in [0.5, 0.6) is 11.5 Å². The molecule has 0 heterocycles. The summed E-state index contributed by atoms with van der Waals surface area (Å²) in [5, 5.41) is 3.06. The fraction of sp³-hybridized carbons (Fsp3) is 0.167. The summed E-state index contributed by atoms with van der Waals surface area (Å²) in [7, 11) is -1.33. The van der Waals surface area contributed by atoms with Gasteiger partial charge in [-0.25, -0.2) is 4.79 Å². The van der Waals surface area contributed by atoms with Gasteiger partial charge in [-0.2, -0.15) is 0 Å². The van der Waals surface area contributed by atoms with E-state index in [2.05, 4.69) is 5.32 Å². The van der Waals surface area contributed by atoms with Crippen molar-refractivity contribution in [1.29, 1.82) is 0 Å². The molecule has 1 atom stereocenters. The van der Waals surface area contributed by atoms with Gasteiger partial charge in [-0.1, -0.05) is 48.4 Å². The molecule has 8 heteroatoms. The number of benzene rings is 3. The largest absolute Gasteiger partial charge is 0.455 e. The summed E-state index contributed by atoms with van der Waals surface area (Å²) in [4.78, 5) is 25.3. The van der Waals surface area contributed by atoms with Crippen molar-refractivity contribution >= 4 is 40.0 Å². The van der Waals surface area contributed by atoms with E-state index in [4.69, 9.17) is 21.1 Å². The summed E-state index contributed by atoms with van der Waals surface area (Å²) in [5.74, 6) is 0.0637. The van der Waals surface area contributed by atoms with Crippen LogP contribution in [0.1, 0.15) is 22.8 Å². The highest BCUT2D eigenvalue weighted by atomic mass is 35.5. The lowest BCUT2D eigenvalue weighted by Gasteiger charge is -2.13. The predicted molar refractivity (Wildman–Crippen MR) is 125 cm³/mol. The van der Waals surface area contributed by atoms with Gasteiger partial charge in [-0.05, 0) is 49.4 Å². The smallest absolute Gasteiger partial charge is 0.339 e. The van der Waals surface area contributed by atoms with Crippen LogP contribution in [0.15, 0.2) is 71.6 Å². The Labute approximate surface area is 194 Å². The number of ether oxygens (including phenoxy) is 2. The van der Waals surface area contributed by atoms with Crippen molar-refractivity contribution in [3.05, 3.63) is 82.9 Å². The Bertz CT molecular complexity index is 1150. The predicted octanol–water partition coefficient (Wildman–Crippen LogP) is 5.36. The highest BCUT2D eigenvalue weighted by molar-refractivity contribution is 7.85. The van der Waals surface area contributed by atoms with Gasteiger partial charge in [-0.3, -0.25) is 9.00 Å². The Morgan fingerprint density at radius 2 is 1.75 bits per heavy atom. The quantitative estimate of drug-likeness (QED) is 0.447. The minimum absolute atomic E-state index is 0.173. The van der Waals surface area contributed by atoms with Crippen LogP contribution in [0.25, 0.3) is 0 Å².